The fraction of sp³-hybridized carbons (Fsp3) is 0.889. The lowest BCUT2D eigenvalue weighted by Crippen LogP contribution is -2.40. The third-order valence-corrected chi connectivity index (χ3v) is 1.57. The zero-order chi connectivity index (χ0) is 10.5. The molecule has 0 aliphatic carbocycles. The van der Waals surface area contributed by atoms with E-state index in [-0.39, 0.29) is 18.8 Å². The highest BCUT2D eigenvalue weighted by atomic mass is 16.7. The molecule has 13 heavy (non-hydrogen) atoms. The van der Waals surface area contributed by atoms with Crippen molar-refractivity contribution in [2.75, 3.05) is 6.61 Å². The van der Waals surface area contributed by atoms with Gasteiger partial charge in [-0.1, -0.05) is 20.8 Å². The van der Waals surface area contributed by atoms with Crippen LogP contribution in [0.3, 0.4) is 0 Å². The number of hydrogen-bond donors (Lipinski definition) is 2. The molecule has 0 spiro atoms. The summed E-state index contributed by atoms with van der Waals surface area (Å²) in [5, 5.41) is 18.5. The number of esters is 1. The summed E-state index contributed by atoms with van der Waals surface area (Å²) in [6.07, 6.45) is 0.440. The standard InChI is InChI=1S/C9H18O4/c1-4-8(11)13-9(12,6-10)5-7(2)3/h7,10,12H,4-6H2,1-3H3. The minimum atomic E-state index is -1.71. The first-order valence-corrected chi connectivity index (χ1v) is 4.48. The number of aliphatic hydroxyl groups excluding tert-OH is 1. The molecule has 0 bridgehead atoms. The number of rotatable bonds is 5. The average molecular weight is 190 g/mol. The van der Waals surface area contributed by atoms with E-state index in [1.165, 1.54) is 0 Å². The summed E-state index contributed by atoms with van der Waals surface area (Å²) >= 11 is 0. The minimum absolute atomic E-state index is 0.154. The maximum absolute atomic E-state index is 10.9. The second kappa shape index (κ2) is 5.19. The SMILES string of the molecule is CCC(=O)OC(O)(CO)CC(C)C. The lowest BCUT2D eigenvalue weighted by molar-refractivity contribution is -0.228. The molecule has 0 radical (unpaired) electrons. The van der Waals surface area contributed by atoms with Crippen LogP contribution in [0, 0.1) is 5.92 Å². The van der Waals surface area contributed by atoms with E-state index < -0.39 is 18.4 Å². The minimum Gasteiger partial charge on any atom is -0.431 e. The molecule has 2 N–H and O–H groups in total. The van der Waals surface area contributed by atoms with Crippen LogP contribution in [0.25, 0.3) is 0 Å². The Morgan fingerprint density at radius 2 is 2.08 bits per heavy atom. The highest BCUT2D eigenvalue weighted by molar-refractivity contribution is 5.69. The quantitative estimate of drug-likeness (QED) is 0.494. The second-order valence-corrected chi connectivity index (χ2v) is 3.53. The third kappa shape index (κ3) is 4.85. The number of aliphatic hydroxyl groups is 2. The largest absolute Gasteiger partial charge is 0.431 e. The molecule has 0 rings (SSSR count). The van der Waals surface area contributed by atoms with E-state index >= 15 is 0 Å². The number of carbonyl (C=O) groups excluding carboxylic acids is 1. The van der Waals surface area contributed by atoms with Crippen molar-refractivity contribution in [1.29, 1.82) is 0 Å². The summed E-state index contributed by atoms with van der Waals surface area (Å²) in [7, 11) is 0. The lowest BCUT2D eigenvalue weighted by atomic mass is 10.0. The fourth-order valence-corrected chi connectivity index (χ4v) is 1.06. The highest BCUT2D eigenvalue weighted by Gasteiger charge is 2.31. The molecule has 0 aliphatic heterocycles. The van der Waals surface area contributed by atoms with E-state index in [1.807, 2.05) is 13.8 Å². The molecule has 0 saturated heterocycles. The van der Waals surface area contributed by atoms with Gasteiger partial charge in [-0.15, -0.1) is 0 Å². The van der Waals surface area contributed by atoms with Crippen LogP contribution in [0.1, 0.15) is 33.6 Å². The van der Waals surface area contributed by atoms with Gasteiger partial charge in [-0.3, -0.25) is 4.79 Å². The summed E-state index contributed by atoms with van der Waals surface area (Å²) in [5.41, 5.74) is 0. The van der Waals surface area contributed by atoms with E-state index in [2.05, 4.69) is 0 Å². The van der Waals surface area contributed by atoms with Gasteiger partial charge in [0, 0.05) is 12.8 Å². The van der Waals surface area contributed by atoms with Gasteiger partial charge < -0.3 is 14.9 Å². The summed E-state index contributed by atoms with van der Waals surface area (Å²) < 4.78 is 4.71. The molecule has 0 aliphatic rings. The normalized spacial score (nSPS) is 15.5. The Hall–Kier alpha value is -0.610. The van der Waals surface area contributed by atoms with Crippen LogP contribution < -0.4 is 0 Å². The maximum Gasteiger partial charge on any atom is 0.308 e. The Kier molecular flexibility index (Phi) is 4.95. The van der Waals surface area contributed by atoms with Crippen LogP contribution in [-0.4, -0.2) is 28.6 Å². The Balaban J connectivity index is 4.18. The average Bonchev–Trinajstić information content (AvgIpc) is 2.02. The van der Waals surface area contributed by atoms with E-state index in [0.29, 0.717) is 0 Å². The van der Waals surface area contributed by atoms with Gasteiger partial charge >= 0.3 is 5.97 Å². The van der Waals surface area contributed by atoms with Crippen molar-refractivity contribution in [1.82, 2.24) is 0 Å². The van der Waals surface area contributed by atoms with Gasteiger partial charge in [-0.05, 0) is 5.92 Å². The predicted molar refractivity (Wildman–Crippen MR) is 47.9 cm³/mol. The van der Waals surface area contributed by atoms with Gasteiger partial charge in [0.15, 0.2) is 0 Å². The van der Waals surface area contributed by atoms with Crippen LogP contribution in [0.5, 0.6) is 0 Å². The lowest BCUT2D eigenvalue weighted by Gasteiger charge is -2.27. The van der Waals surface area contributed by atoms with Crippen molar-refractivity contribution >= 4 is 5.97 Å². The van der Waals surface area contributed by atoms with Crippen molar-refractivity contribution in [2.24, 2.45) is 5.92 Å². The molecular weight excluding hydrogens is 172 g/mol. The van der Waals surface area contributed by atoms with Crippen LogP contribution >= 0.6 is 0 Å². The molecule has 4 heteroatoms. The van der Waals surface area contributed by atoms with Gasteiger partial charge in [0.05, 0.1) is 0 Å². The molecule has 1 atom stereocenters. The van der Waals surface area contributed by atoms with Gasteiger partial charge in [-0.25, -0.2) is 0 Å². The number of carbonyl (C=O) groups is 1. The maximum atomic E-state index is 10.9. The third-order valence-electron chi connectivity index (χ3n) is 1.57. The van der Waals surface area contributed by atoms with Crippen LogP contribution in [0.15, 0.2) is 0 Å². The van der Waals surface area contributed by atoms with Crippen molar-refractivity contribution in [3.05, 3.63) is 0 Å². The van der Waals surface area contributed by atoms with E-state index in [1.54, 1.807) is 6.92 Å². The van der Waals surface area contributed by atoms with Crippen LogP contribution in [0.2, 0.25) is 0 Å². The molecule has 0 aromatic heterocycles. The first-order valence-electron chi connectivity index (χ1n) is 4.48. The number of ether oxygens (including phenoxy) is 1. The van der Waals surface area contributed by atoms with E-state index in [4.69, 9.17) is 9.84 Å². The topological polar surface area (TPSA) is 66.8 Å². The van der Waals surface area contributed by atoms with E-state index in [0.717, 1.165) is 0 Å². The molecule has 0 aromatic rings. The molecule has 78 valence electrons. The van der Waals surface area contributed by atoms with Gasteiger partial charge in [0.25, 0.3) is 0 Å². The van der Waals surface area contributed by atoms with Crippen molar-refractivity contribution in [2.45, 2.75) is 39.4 Å². The summed E-state index contributed by atoms with van der Waals surface area (Å²) in [6, 6.07) is 0. The Morgan fingerprint density at radius 3 is 2.38 bits per heavy atom. The summed E-state index contributed by atoms with van der Waals surface area (Å²) in [4.78, 5) is 10.9. The smallest absolute Gasteiger partial charge is 0.308 e. The van der Waals surface area contributed by atoms with Crippen molar-refractivity contribution < 1.29 is 19.7 Å². The summed E-state index contributed by atoms with van der Waals surface area (Å²) in [6.45, 7) is 4.83. The predicted octanol–water partition coefficient (Wildman–Crippen LogP) is 0.667. The molecule has 0 heterocycles. The van der Waals surface area contributed by atoms with Gasteiger partial charge in [0.1, 0.15) is 6.61 Å². The Morgan fingerprint density at radius 1 is 1.54 bits per heavy atom. The molecule has 1 unspecified atom stereocenters. The molecule has 0 aromatic carbocycles. The van der Waals surface area contributed by atoms with Crippen molar-refractivity contribution in [3.8, 4) is 0 Å². The zero-order valence-corrected chi connectivity index (χ0v) is 8.41. The zero-order valence-electron chi connectivity index (χ0n) is 8.41. The molecule has 0 fully saturated rings. The molecule has 0 saturated carbocycles. The van der Waals surface area contributed by atoms with E-state index in [9.17, 15) is 9.90 Å². The molecule has 4 nitrogen and oxygen atoms in total. The van der Waals surface area contributed by atoms with Gasteiger partial charge in [0.2, 0.25) is 5.79 Å². The Bertz CT molecular complexity index is 167. The second-order valence-electron chi connectivity index (χ2n) is 3.53. The first kappa shape index (κ1) is 12.4. The van der Waals surface area contributed by atoms with Gasteiger partial charge in [-0.2, -0.15) is 0 Å². The van der Waals surface area contributed by atoms with Crippen LogP contribution in [0.4, 0.5) is 0 Å². The van der Waals surface area contributed by atoms with Crippen molar-refractivity contribution in [3.63, 3.8) is 0 Å². The molecule has 0 amide bonds. The van der Waals surface area contributed by atoms with Crippen LogP contribution in [-0.2, 0) is 9.53 Å². The highest BCUT2D eigenvalue weighted by Crippen LogP contribution is 2.18. The summed E-state index contributed by atoms with van der Waals surface area (Å²) in [5.74, 6) is -2.06. The first-order chi connectivity index (χ1) is 5.93. The monoisotopic (exact) mass is 190 g/mol. The fourth-order valence-electron chi connectivity index (χ4n) is 1.06. The molecular formula is C9H18O4. The number of hydrogen-bond acceptors (Lipinski definition) is 4. The Labute approximate surface area is 78.5 Å².